The number of hydrogen-bond donors (Lipinski definition) is 3. The number of unbranched alkanes of at least 4 members (excludes halogenated alkanes) is 2. The Morgan fingerprint density at radius 3 is 2.38 bits per heavy atom. The molecule has 0 radical (unpaired) electrons. The topological polar surface area (TPSA) is 133 Å². The maximum atomic E-state index is 11.8. The number of imide groups is 1. The first-order valence-corrected chi connectivity index (χ1v) is 9.34. The molecule has 4 amide bonds. The van der Waals surface area contributed by atoms with Crippen LogP contribution in [0.2, 0.25) is 0 Å². The molecule has 0 spiro atoms. The van der Waals surface area contributed by atoms with Crippen LogP contribution in [0.25, 0.3) is 0 Å². The Morgan fingerprint density at radius 1 is 1.15 bits per heavy atom. The summed E-state index contributed by atoms with van der Waals surface area (Å²) in [5, 5.41) is 14.1. The molecular weight excluding hydrogens is 362 g/mol. The van der Waals surface area contributed by atoms with Gasteiger partial charge in [0.2, 0.25) is 11.8 Å². The molecule has 0 saturated carbocycles. The van der Waals surface area contributed by atoms with Gasteiger partial charge in [-0.3, -0.25) is 24.1 Å². The summed E-state index contributed by atoms with van der Waals surface area (Å²) in [5.41, 5.74) is 0. The lowest BCUT2D eigenvalue weighted by molar-refractivity contribution is -0.141. The van der Waals surface area contributed by atoms with Crippen molar-refractivity contribution >= 4 is 41.4 Å². The fourth-order valence-corrected chi connectivity index (χ4v) is 3.04. The van der Waals surface area contributed by atoms with Crippen molar-refractivity contribution in [2.24, 2.45) is 0 Å². The van der Waals surface area contributed by atoms with Crippen molar-refractivity contribution in [3.05, 3.63) is 12.2 Å². The molecule has 1 rings (SSSR count). The molecule has 0 bridgehead atoms. The predicted molar refractivity (Wildman–Crippen MR) is 95.0 cm³/mol. The molecule has 1 aliphatic heterocycles. The monoisotopic (exact) mass is 385 g/mol. The number of nitrogens with zero attached hydrogens (tertiary/aromatic N) is 1. The average Bonchev–Trinajstić information content (AvgIpc) is 2.88. The van der Waals surface area contributed by atoms with Crippen LogP contribution in [0.1, 0.15) is 32.6 Å². The molecule has 26 heavy (non-hydrogen) atoms. The molecule has 9 nitrogen and oxygen atoms in total. The summed E-state index contributed by atoms with van der Waals surface area (Å²) >= 11 is 1.20. The van der Waals surface area contributed by atoms with Gasteiger partial charge in [-0.25, -0.2) is 4.79 Å². The second-order valence-electron chi connectivity index (χ2n) is 5.68. The van der Waals surface area contributed by atoms with Crippen LogP contribution in [0, 0.1) is 0 Å². The van der Waals surface area contributed by atoms with E-state index in [1.165, 1.54) is 30.8 Å². The molecule has 3 N–H and O–H groups in total. The maximum absolute atomic E-state index is 11.8. The highest BCUT2D eigenvalue weighted by Crippen LogP contribution is 2.08. The van der Waals surface area contributed by atoms with E-state index in [9.17, 15) is 24.0 Å². The van der Waals surface area contributed by atoms with E-state index in [1.807, 2.05) is 0 Å². The number of nitrogens with one attached hydrogen (secondary N) is 2. The summed E-state index contributed by atoms with van der Waals surface area (Å²) in [7, 11) is 0. The fraction of sp³-hybridized carbons (Fsp3) is 0.562. The quantitative estimate of drug-likeness (QED) is 0.242. The molecule has 1 heterocycles. The molecule has 1 aliphatic rings. The first-order chi connectivity index (χ1) is 12.3. The molecule has 10 heteroatoms. The number of aliphatic carboxylic acids is 1. The predicted octanol–water partition coefficient (Wildman–Crippen LogP) is -0.132. The summed E-state index contributed by atoms with van der Waals surface area (Å²) in [6, 6.07) is -1.02. The third-order valence-corrected chi connectivity index (χ3v) is 4.44. The standard InChI is InChI=1S/C16H23N3O6S/c1-11(20)17-10-26-9-12(16(24)25)18-13(21)5-3-2-4-8-19-14(22)6-7-15(19)23/h6-7,12H,2-5,8-10H2,1H3,(H,17,20)(H,18,21)(H,24,25). The summed E-state index contributed by atoms with van der Waals surface area (Å²) < 4.78 is 0. The number of hydrogen-bond acceptors (Lipinski definition) is 6. The van der Waals surface area contributed by atoms with Gasteiger partial charge >= 0.3 is 5.97 Å². The number of rotatable bonds is 12. The summed E-state index contributed by atoms with van der Waals surface area (Å²) in [4.78, 5) is 57.6. The third kappa shape index (κ3) is 8.15. The molecule has 0 saturated heterocycles. The highest BCUT2D eigenvalue weighted by atomic mass is 32.2. The zero-order valence-electron chi connectivity index (χ0n) is 14.5. The van der Waals surface area contributed by atoms with Crippen molar-refractivity contribution in [3.63, 3.8) is 0 Å². The molecule has 0 aromatic rings. The van der Waals surface area contributed by atoms with Crippen LogP contribution in [-0.4, -0.2) is 63.8 Å². The van der Waals surface area contributed by atoms with Gasteiger partial charge in [0.05, 0.1) is 5.88 Å². The van der Waals surface area contributed by atoms with E-state index in [2.05, 4.69) is 10.6 Å². The molecule has 0 aromatic heterocycles. The Labute approximate surface area is 155 Å². The second kappa shape index (κ2) is 11.3. The molecule has 0 aromatic carbocycles. The van der Waals surface area contributed by atoms with Gasteiger partial charge in [0.1, 0.15) is 6.04 Å². The van der Waals surface area contributed by atoms with Crippen molar-refractivity contribution in [2.45, 2.75) is 38.6 Å². The van der Waals surface area contributed by atoms with Crippen molar-refractivity contribution in [1.82, 2.24) is 15.5 Å². The van der Waals surface area contributed by atoms with Crippen LogP contribution in [0.3, 0.4) is 0 Å². The zero-order valence-corrected chi connectivity index (χ0v) is 15.3. The fourth-order valence-electron chi connectivity index (χ4n) is 2.15. The lowest BCUT2D eigenvalue weighted by Gasteiger charge is -2.15. The highest BCUT2D eigenvalue weighted by molar-refractivity contribution is 7.99. The average molecular weight is 385 g/mol. The summed E-state index contributed by atoms with van der Waals surface area (Å²) in [5.74, 6) is -1.94. The maximum Gasteiger partial charge on any atom is 0.327 e. The van der Waals surface area contributed by atoms with Crippen LogP contribution in [-0.2, 0) is 24.0 Å². The van der Waals surface area contributed by atoms with Crippen molar-refractivity contribution < 1.29 is 29.1 Å². The van der Waals surface area contributed by atoms with E-state index in [4.69, 9.17) is 5.11 Å². The van der Waals surface area contributed by atoms with E-state index in [0.717, 1.165) is 4.90 Å². The van der Waals surface area contributed by atoms with Crippen LogP contribution in [0.5, 0.6) is 0 Å². The lowest BCUT2D eigenvalue weighted by Crippen LogP contribution is -2.42. The number of carboxylic acids is 1. The Balaban J connectivity index is 2.18. The van der Waals surface area contributed by atoms with Crippen LogP contribution in [0.4, 0.5) is 0 Å². The smallest absolute Gasteiger partial charge is 0.327 e. The molecule has 0 aliphatic carbocycles. The van der Waals surface area contributed by atoms with Crippen molar-refractivity contribution in [1.29, 1.82) is 0 Å². The van der Waals surface area contributed by atoms with Crippen LogP contribution >= 0.6 is 11.8 Å². The lowest BCUT2D eigenvalue weighted by atomic mass is 10.1. The minimum absolute atomic E-state index is 0.146. The van der Waals surface area contributed by atoms with Gasteiger partial charge < -0.3 is 15.7 Å². The minimum atomic E-state index is -1.13. The Bertz CT molecular complexity index is 575. The second-order valence-corrected chi connectivity index (χ2v) is 6.71. The van der Waals surface area contributed by atoms with Gasteiger partial charge in [-0.15, -0.1) is 11.8 Å². The largest absolute Gasteiger partial charge is 0.480 e. The summed E-state index contributed by atoms with van der Waals surface area (Å²) in [6.07, 6.45) is 4.37. The normalized spacial score (nSPS) is 14.4. The zero-order chi connectivity index (χ0) is 19.5. The van der Waals surface area contributed by atoms with Crippen LogP contribution < -0.4 is 10.6 Å². The van der Waals surface area contributed by atoms with Crippen molar-refractivity contribution in [3.8, 4) is 0 Å². The van der Waals surface area contributed by atoms with E-state index in [1.54, 1.807) is 0 Å². The number of thioether (sulfide) groups is 1. The molecule has 0 fully saturated rings. The van der Waals surface area contributed by atoms with E-state index < -0.39 is 12.0 Å². The number of carboxylic acid groups (broad SMARTS) is 1. The van der Waals surface area contributed by atoms with E-state index >= 15 is 0 Å². The number of amides is 4. The third-order valence-electron chi connectivity index (χ3n) is 3.53. The molecule has 1 unspecified atom stereocenters. The van der Waals surface area contributed by atoms with Gasteiger partial charge in [0.15, 0.2) is 0 Å². The van der Waals surface area contributed by atoms with Gasteiger partial charge in [-0.2, -0.15) is 0 Å². The first kappa shape index (κ1) is 21.7. The SMILES string of the molecule is CC(=O)NCSCC(NC(=O)CCCCCN1C(=O)C=CC1=O)C(=O)O. The van der Waals surface area contributed by atoms with Gasteiger partial charge in [0.25, 0.3) is 11.8 Å². The number of carbonyl (C=O) groups excluding carboxylic acids is 4. The first-order valence-electron chi connectivity index (χ1n) is 8.19. The Kier molecular flexibility index (Phi) is 9.42. The van der Waals surface area contributed by atoms with Gasteiger partial charge in [-0.05, 0) is 12.8 Å². The number of carbonyl (C=O) groups is 5. The van der Waals surface area contributed by atoms with E-state index in [0.29, 0.717) is 25.8 Å². The van der Waals surface area contributed by atoms with E-state index in [-0.39, 0.29) is 41.7 Å². The van der Waals surface area contributed by atoms with Crippen LogP contribution in [0.15, 0.2) is 12.2 Å². The van der Waals surface area contributed by atoms with Gasteiger partial charge in [-0.1, -0.05) is 6.42 Å². The molecule has 144 valence electrons. The minimum Gasteiger partial charge on any atom is -0.480 e. The highest BCUT2D eigenvalue weighted by Gasteiger charge is 2.22. The van der Waals surface area contributed by atoms with Crippen molar-refractivity contribution in [2.75, 3.05) is 18.2 Å². The summed E-state index contributed by atoms with van der Waals surface area (Å²) in [6.45, 7) is 1.67. The Hall–Kier alpha value is -2.36. The van der Waals surface area contributed by atoms with Gasteiger partial charge in [0, 0.05) is 37.8 Å². The Morgan fingerprint density at radius 2 is 1.81 bits per heavy atom. The molecular formula is C16H23N3O6S. The molecule has 1 atom stereocenters.